The highest BCUT2D eigenvalue weighted by Gasteiger charge is 2.25. The number of oxazole rings is 1. The molecular weight excluding hydrogens is 492 g/mol. The summed E-state index contributed by atoms with van der Waals surface area (Å²) < 4.78 is 10.7. The number of thiophene rings is 1. The third-order valence-electron chi connectivity index (χ3n) is 5.46. The van der Waals surface area contributed by atoms with E-state index in [1.165, 1.54) is 24.8 Å². The van der Waals surface area contributed by atoms with E-state index in [1.807, 2.05) is 31.4 Å². The molecule has 3 N–H and O–H groups in total. The molecule has 2 heterocycles. The highest BCUT2D eigenvalue weighted by Crippen LogP contribution is 2.32. The Kier molecular flexibility index (Phi) is 7.69. The Morgan fingerprint density at radius 2 is 1.76 bits per heavy atom. The summed E-state index contributed by atoms with van der Waals surface area (Å²) in [7, 11) is 1.50. The fourth-order valence-corrected chi connectivity index (χ4v) is 4.37. The molecule has 0 atom stereocenters. The number of benzene rings is 2. The van der Waals surface area contributed by atoms with Gasteiger partial charge >= 0.3 is 11.8 Å². The summed E-state index contributed by atoms with van der Waals surface area (Å²) in [4.78, 5) is 41.3. The zero-order valence-corrected chi connectivity index (χ0v) is 21.3. The first-order valence-electron chi connectivity index (χ1n) is 11.4. The molecule has 190 valence electrons. The molecule has 0 saturated heterocycles. The molecule has 10 heteroatoms. The van der Waals surface area contributed by atoms with Gasteiger partial charge in [-0.3, -0.25) is 14.4 Å². The van der Waals surface area contributed by atoms with Crippen molar-refractivity contribution in [3.05, 3.63) is 83.0 Å². The topological polar surface area (TPSA) is 123 Å². The van der Waals surface area contributed by atoms with E-state index in [1.54, 1.807) is 48.0 Å². The van der Waals surface area contributed by atoms with E-state index in [0.29, 0.717) is 40.4 Å². The summed E-state index contributed by atoms with van der Waals surface area (Å²) in [6, 6.07) is 14.1. The monoisotopic (exact) mass is 518 g/mol. The van der Waals surface area contributed by atoms with Gasteiger partial charge in [-0.1, -0.05) is 12.1 Å². The Hall–Kier alpha value is -4.44. The van der Waals surface area contributed by atoms with Crippen molar-refractivity contribution < 1.29 is 23.5 Å². The molecule has 2 aromatic heterocycles. The average Bonchev–Trinajstić information content (AvgIpc) is 3.59. The third kappa shape index (κ3) is 6.62. The van der Waals surface area contributed by atoms with Crippen LogP contribution in [0.2, 0.25) is 0 Å². The van der Waals surface area contributed by atoms with Crippen LogP contribution in [0.25, 0.3) is 11.3 Å². The Bertz CT molecular complexity index is 1380. The normalized spacial score (nSPS) is 11.0. The first-order valence-corrected chi connectivity index (χ1v) is 12.3. The van der Waals surface area contributed by atoms with Gasteiger partial charge in [0.15, 0.2) is 12.2 Å². The average molecular weight is 519 g/mol. The van der Waals surface area contributed by atoms with Crippen molar-refractivity contribution >= 4 is 40.4 Å². The van der Waals surface area contributed by atoms with Crippen LogP contribution in [0.5, 0.6) is 5.75 Å². The molecule has 3 amide bonds. The van der Waals surface area contributed by atoms with Gasteiger partial charge in [0, 0.05) is 28.4 Å². The number of hydrogen-bond acceptors (Lipinski definition) is 7. The number of carbonyl (C=O) groups excluding carboxylic acids is 3. The molecule has 2 aromatic carbocycles. The highest BCUT2D eigenvalue weighted by atomic mass is 32.1. The molecule has 0 radical (unpaired) electrons. The van der Waals surface area contributed by atoms with Gasteiger partial charge < -0.3 is 25.1 Å². The summed E-state index contributed by atoms with van der Waals surface area (Å²) in [5.41, 5.74) is 2.58. The van der Waals surface area contributed by atoms with Gasteiger partial charge in [0.25, 0.3) is 5.91 Å². The van der Waals surface area contributed by atoms with Crippen molar-refractivity contribution in [2.75, 3.05) is 17.7 Å². The Balaban J connectivity index is 1.33. The van der Waals surface area contributed by atoms with Gasteiger partial charge in [-0.2, -0.15) is 11.3 Å². The summed E-state index contributed by atoms with van der Waals surface area (Å²) in [5, 5.41) is 11.9. The number of nitrogens with one attached hydrogen (secondary N) is 3. The second-order valence-corrected chi connectivity index (χ2v) is 9.69. The number of anilines is 2. The van der Waals surface area contributed by atoms with Crippen molar-refractivity contribution in [2.24, 2.45) is 0 Å². The molecule has 0 spiro atoms. The van der Waals surface area contributed by atoms with Crippen LogP contribution in [-0.4, -0.2) is 35.4 Å². The molecule has 0 unspecified atom stereocenters. The van der Waals surface area contributed by atoms with E-state index >= 15 is 0 Å². The molecule has 0 bridgehead atoms. The molecule has 9 nitrogen and oxygen atoms in total. The number of methoxy groups -OCH3 is 1. The van der Waals surface area contributed by atoms with Crippen molar-refractivity contribution in [1.29, 1.82) is 0 Å². The van der Waals surface area contributed by atoms with E-state index in [0.717, 1.165) is 5.56 Å². The van der Waals surface area contributed by atoms with Crippen molar-refractivity contribution in [3.63, 3.8) is 0 Å². The maximum absolute atomic E-state index is 12.6. The lowest BCUT2D eigenvalue weighted by Gasteiger charge is -2.26. The molecule has 0 aliphatic heterocycles. The second-order valence-electron chi connectivity index (χ2n) is 8.91. The second kappa shape index (κ2) is 11.1. The van der Waals surface area contributed by atoms with Gasteiger partial charge in [-0.15, -0.1) is 0 Å². The van der Waals surface area contributed by atoms with Gasteiger partial charge in [-0.05, 0) is 61.5 Å². The first kappa shape index (κ1) is 25.6. The minimum absolute atomic E-state index is 0.169. The fourth-order valence-electron chi connectivity index (χ4n) is 3.73. The van der Waals surface area contributed by atoms with E-state index in [2.05, 4.69) is 20.9 Å². The van der Waals surface area contributed by atoms with Crippen LogP contribution in [-0.2, 0) is 16.0 Å². The van der Waals surface area contributed by atoms with Crippen LogP contribution in [0.4, 0.5) is 11.4 Å². The number of nitrogens with zero attached hydrogens (tertiary/aromatic N) is 1. The van der Waals surface area contributed by atoms with Crippen LogP contribution in [0.3, 0.4) is 0 Å². The molecule has 0 aliphatic carbocycles. The lowest BCUT2D eigenvalue weighted by atomic mass is 9.94. The van der Waals surface area contributed by atoms with E-state index in [4.69, 9.17) is 9.15 Å². The molecule has 4 aromatic rings. The van der Waals surface area contributed by atoms with E-state index in [9.17, 15) is 14.4 Å². The summed E-state index contributed by atoms with van der Waals surface area (Å²) in [6.45, 7) is 3.67. The SMILES string of the molecule is COc1cc(NC(=O)C(=O)NC(C)(C)Cc2ccc(NC(=O)c3ccsc3)cc2)ccc1-c1cnco1. The maximum atomic E-state index is 12.6. The Morgan fingerprint density at radius 1 is 1.00 bits per heavy atom. The summed E-state index contributed by atoms with van der Waals surface area (Å²) in [6.07, 6.45) is 3.35. The van der Waals surface area contributed by atoms with Crippen LogP contribution >= 0.6 is 11.3 Å². The van der Waals surface area contributed by atoms with Gasteiger partial charge in [0.1, 0.15) is 5.75 Å². The molecule has 0 fully saturated rings. The minimum atomic E-state index is -0.797. The lowest BCUT2D eigenvalue weighted by molar-refractivity contribution is -0.137. The number of aromatic nitrogens is 1. The Labute approximate surface area is 217 Å². The molecular formula is C27H26N4O5S. The third-order valence-corrected chi connectivity index (χ3v) is 6.14. The predicted molar refractivity (Wildman–Crippen MR) is 142 cm³/mol. The predicted octanol–water partition coefficient (Wildman–Crippen LogP) is 4.74. The van der Waals surface area contributed by atoms with Crippen molar-refractivity contribution in [1.82, 2.24) is 10.3 Å². The largest absolute Gasteiger partial charge is 0.496 e. The number of rotatable bonds is 8. The first-order chi connectivity index (χ1) is 17.7. The van der Waals surface area contributed by atoms with Gasteiger partial charge in [0.05, 0.1) is 24.4 Å². The molecule has 0 aliphatic rings. The van der Waals surface area contributed by atoms with Crippen LogP contribution in [0, 0.1) is 0 Å². The fraction of sp³-hybridized carbons (Fsp3) is 0.185. The van der Waals surface area contributed by atoms with Gasteiger partial charge in [0.2, 0.25) is 0 Å². The lowest BCUT2D eigenvalue weighted by Crippen LogP contribution is -2.49. The number of ether oxygens (including phenoxy) is 1. The zero-order valence-electron chi connectivity index (χ0n) is 20.5. The van der Waals surface area contributed by atoms with Crippen molar-refractivity contribution in [2.45, 2.75) is 25.8 Å². The van der Waals surface area contributed by atoms with E-state index in [-0.39, 0.29) is 5.91 Å². The smallest absolute Gasteiger partial charge is 0.313 e. The molecule has 4 rings (SSSR count). The molecule has 0 saturated carbocycles. The maximum Gasteiger partial charge on any atom is 0.313 e. The number of hydrogen-bond donors (Lipinski definition) is 3. The van der Waals surface area contributed by atoms with Crippen LogP contribution in [0.1, 0.15) is 29.8 Å². The zero-order chi connectivity index (χ0) is 26.4. The van der Waals surface area contributed by atoms with Crippen LogP contribution in [0.15, 0.2) is 76.3 Å². The standard InChI is InChI=1S/C27H26N4O5S/c1-27(2,13-17-4-6-19(7-5-17)29-24(32)18-10-11-37-15-18)31-26(34)25(33)30-20-8-9-21(22(12-20)35-3)23-14-28-16-36-23/h4-12,14-16H,13H2,1-3H3,(H,29,32)(H,30,33)(H,31,34). The van der Waals surface area contributed by atoms with Crippen LogP contribution < -0.4 is 20.7 Å². The highest BCUT2D eigenvalue weighted by molar-refractivity contribution is 7.08. The summed E-state index contributed by atoms with van der Waals surface area (Å²) in [5.74, 6) is -0.743. The van der Waals surface area contributed by atoms with Gasteiger partial charge in [-0.25, -0.2) is 4.98 Å². The molecule has 37 heavy (non-hydrogen) atoms. The number of carbonyl (C=O) groups is 3. The summed E-state index contributed by atoms with van der Waals surface area (Å²) >= 11 is 1.46. The minimum Gasteiger partial charge on any atom is -0.496 e. The quantitative estimate of drug-likeness (QED) is 0.290. The van der Waals surface area contributed by atoms with E-state index < -0.39 is 17.4 Å². The number of amides is 3. The van der Waals surface area contributed by atoms with Crippen molar-refractivity contribution in [3.8, 4) is 17.1 Å². The Morgan fingerprint density at radius 3 is 2.41 bits per heavy atom.